The number of terminal acetylenes is 1. The van der Waals surface area contributed by atoms with E-state index in [0.29, 0.717) is 12.8 Å². The van der Waals surface area contributed by atoms with Gasteiger partial charge in [0.2, 0.25) is 0 Å². The van der Waals surface area contributed by atoms with Crippen molar-refractivity contribution in [2.24, 2.45) is 0 Å². The number of nitrogens with zero attached hydrogens (tertiary/aromatic N) is 2. The van der Waals surface area contributed by atoms with Gasteiger partial charge in [-0.25, -0.2) is 0 Å². The first-order valence-electron chi connectivity index (χ1n) is 21.3. The molecule has 0 fully saturated rings. The molecule has 2 heteroatoms. The third-order valence-corrected chi connectivity index (χ3v) is 12.2. The first-order chi connectivity index (χ1) is 30.7. The highest BCUT2D eigenvalue weighted by Crippen LogP contribution is 2.61. The summed E-state index contributed by atoms with van der Waals surface area (Å²) in [4.78, 5) is 4.70. The van der Waals surface area contributed by atoms with Gasteiger partial charge in [-0.05, 0) is 141 Å². The number of rotatable bonds is 9. The van der Waals surface area contributed by atoms with Crippen LogP contribution in [0.25, 0.3) is 28.0 Å². The van der Waals surface area contributed by atoms with Gasteiger partial charge < -0.3 is 9.80 Å². The van der Waals surface area contributed by atoms with Crippen molar-refractivity contribution in [3.05, 3.63) is 246 Å². The zero-order valence-electron chi connectivity index (χ0n) is 34.7. The van der Waals surface area contributed by atoms with E-state index in [1.165, 1.54) is 44.2 Å². The Kier molecular flexibility index (Phi) is 10.2. The highest BCUT2D eigenvalue weighted by Gasteiger charge is 2.49. The zero-order chi connectivity index (χ0) is 41.9. The van der Waals surface area contributed by atoms with E-state index in [-0.39, 0.29) is 0 Å². The summed E-state index contributed by atoms with van der Waals surface area (Å²) >= 11 is 0. The van der Waals surface area contributed by atoms with Crippen molar-refractivity contribution in [3.8, 4) is 35.3 Å². The van der Waals surface area contributed by atoms with Gasteiger partial charge in [0, 0.05) is 47.0 Å². The first-order valence-corrected chi connectivity index (χ1v) is 21.3. The van der Waals surface area contributed by atoms with E-state index in [2.05, 4.69) is 247 Å². The fraction of sp³-hybridized carbons (Fsp3) is 0.0667. The minimum absolute atomic E-state index is 0.632. The average Bonchev–Trinajstić information content (AvgIpc) is 3.62. The Morgan fingerprint density at radius 1 is 0.597 bits per heavy atom. The van der Waals surface area contributed by atoms with Crippen molar-refractivity contribution in [2.75, 3.05) is 9.80 Å². The maximum absolute atomic E-state index is 6.36. The van der Waals surface area contributed by atoms with Crippen LogP contribution in [0.2, 0.25) is 0 Å². The molecule has 62 heavy (non-hydrogen) atoms. The van der Waals surface area contributed by atoms with Crippen molar-refractivity contribution >= 4 is 51.0 Å². The van der Waals surface area contributed by atoms with Crippen molar-refractivity contribution in [2.45, 2.75) is 25.2 Å². The van der Waals surface area contributed by atoms with Gasteiger partial charge in [-0.15, -0.1) is 6.42 Å². The molecule has 2 aliphatic rings. The highest BCUT2D eigenvalue weighted by molar-refractivity contribution is 6.08. The predicted octanol–water partition coefficient (Wildman–Crippen LogP) is 15.2. The fourth-order valence-electron chi connectivity index (χ4n) is 9.75. The molecular formula is C60H44N2. The molecule has 0 radical (unpaired) electrons. The number of hydrogen-bond acceptors (Lipinski definition) is 2. The van der Waals surface area contributed by atoms with Crippen LogP contribution in [0, 0.1) is 24.2 Å². The van der Waals surface area contributed by atoms with Gasteiger partial charge in [-0.2, -0.15) is 0 Å². The van der Waals surface area contributed by atoms with E-state index >= 15 is 0 Å². The van der Waals surface area contributed by atoms with Gasteiger partial charge in [-0.1, -0.05) is 157 Å². The fourth-order valence-corrected chi connectivity index (χ4v) is 9.75. The third-order valence-electron chi connectivity index (χ3n) is 12.2. The molecule has 2 nitrogen and oxygen atoms in total. The van der Waals surface area contributed by atoms with Crippen LogP contribution in [-0.2, 0) is 11.8 Å². The predicted molar refractivity (Wildman–Crippen MR) is 262 cm³/mol. The molecule has 0 saturated heterocycles. The molecule has 1 atom stereocenters. The topological polar surface area (TPSA) is 6.48 Å². The van der Waals surface area contributed by atoms with Gasteiger partial charge in [-0.3, -0.25) is 0 Å². The van der Waals surface area contributed by atoms with Crippen molar-refractivity contribution in [1.29, 1.82) is 0 Å². The summed E-state index contributed by atoms with van der Waals surface area (Å²) in [7, 11) is 0. The molecule has 0 N–H and O–H groups in total. The average molecular weight is 793 g/mol. The number of anilines is 6. The lowest BCUT2D eigenvalue weighted by atomic mass is 9.65. The SMILES string of the molecule is C#C/C=C(\C=C/C)C1(c2ccccc2)c2cc(N(c3ccccc3)c3ccccc3)ccc2-c2c3c(c4cc(N(c5ccccc5)c5ccccc5)ccc4c21)CC#CC/C=C\3. The van der Waals surface area contributed by atoms with Gasteiger partial charge in [0.25, 0.3) is 0 Å². The summed E-state index contributed by atoms with van der Waals surface area (Å²) in [5.74, 6) is 9.99. The largest absolute Gasteiger partial charge is 0.310 e. The van der Waals surface area contributed by atoms with Gasteiger partial charge in [0.15, 0.2) is 0 Å². The zero-order valence-corrected chi connectivity index (χ0v) is 34.7. The molecule has 8 aromatic carbocycles. The second kappa shape index (κ2) is 16.5. The maximum atomic E-state index is 6.36. The maximum Gasteiger partial charge on any atom is 0.0726 e. The second-order valence-corrected chi connectivity index (χ2v) is 15.6. The summed E-state index contributed by atoms with van der Waals surface area (Å²) in [6, 6.07) is 67.6. The van der Waals surface area contributed by atoms with Gasteiger partial charge in [0.1, 0.15) is 0 Å². The molecule has 0 aliphatic heterocycles. The van der Waals surface area contributed by atoms with Gasteiger partial charge >= 0.3 is 0 Å². The number of allylic oxidation sites excluding steroid dienone is 5. The summed E-state index contributed by atoms with van der Waals surface area (Å²) in [6.45, 7) is 2.08. The van der Waals surface area contributed by atoms with Crippen molar-refractivity contribution < 1.29 is 0 Å². The second-order valence-electron chi connectivity index (χ2n) is 15.6. The van der Waals surface area contributed by atoms with Crippen LogP contribution in [0.3, 0.4) is 0 Å². The number of fused-ring (bicyclic) bond motifs is 8. The van der Waals surface area contributed by atoms with Crippen LogP contribution in [-0.4, -0.2) is 0 Å². The van der Waals surface area contributed by atoms with Gasteiger partial charge in [0.05, 0.1) is 5.41 Å². The Labute approximate surface area is 365 Å². The Balaban J connectivity index is 1.35. The Bertz CT molecular complexity index is 3050. The standard InChI is InChI=1S/C60H44N2/c1-3-24-44(25-4-2)60(45-26-12-7-13-27-45)57-43-51(62(48-32-18-10-19-33-48)49-34-20-11-21-35-49)39-41-55(57)58-53-37-23-6-5-22-36-52(53)56-42-50(38-40-54(56)59(58)60)61(46-28-14-8-15-29-46)47-30-16-9-17-31-47/h1,4,7-21,23-35,37-43H,6,36H2,2H3/b25-4-,37-23-,44-24+. The van der Waals surface area contributed by atoms with Crippen LogP contribution in [0.5, 0.6) is 0 Å². The Morgan fingerprint density at radius 3 is 1.68 bits per heavy atom. The number of para-hydroxylation sites is 4. The Hall–Kier alpha value is -8.04. The van der Waals surface area contributed by atoms with E-state index in [9.17, 15) is 0 Å². The molecule has 0 amide bonds. The summed E-state index contributed by atoms with van der Waals surface area (Å²) in [5.41, 5.74) is 15.1. The monoisotopic (exact) mass is 792 g/mol. The van der Waals surface area contributed by atoms with E-state index in [4.69, 9.17) is 6.42 Å². The molecule has 2 aliphatic carbocycles. The minimum atomic E-state index is -0.797. The molecule has 0 spiro atoms. The summed E-state index contributed by atoms with van der Waals surface area (Å²) in [5, 5.41) is 2.36. The van der Waals surface area contributed by atoms with E-state index < -0.39 is 5.41 Å². The number of hydrogen-bond donors (Lipinski definition) is 0. The lowest BCUT2D eigenvalue weighted by Crippen LogP contribution is -2.30. The molecule has 0 bridgehead atoms. The van der Waals surface area contributed by atoms with Crippen LogP contribution in [0.4, 0.5) is 34.1 Å². The molecule has 8 aromatic rings. The lowest BCUT2D eigenvalue weighted by molar-refractivity contribution is 0.774. The van der Waals surface area contributed by atoms with Crippen LogP contribution >= 0.6 is 0 Å². The van der Waals surface area contributed by atoms with E-state index in [1.54, 1.807) is 0 Å². The van der Waals surface area contributed by atoms with Crippen LogP contribution in [0.1, 0.15) is 41.2 Å². The summed E-state index contributed by atoms with van der Waals surface area (Å²) < 4.78 is 0. The van der Waals surface area contributed by atoms with E-state index in [1.807, 2.05) is 6.08 Å². The molecular weight excluding hydrogens is 749 g/mol. The van der Waals surface area contributed by atoms with Crippen molar-refractivity contribution in [3.63, 3.8) is 0 Å². The highest BCUT2D eigenvalue weighted by atomic mass is 15.1. The quantitative estimate of drug-likeness (QED) is 0.106. The molecule has 1 unspecified atom stereocenters. The van der Waals surface area contributed by atoms with Crippen LogP contribution < -0.4 is 9.80 Å². The number of benzene rings is 8. The molecule has 294 valence electrons. The molecule has 0 heterocycles. The van der Waals surface area contributed by atoms with Crippen molar-refractivity contribution in [1.82, 2.24) is 0 Å². The summed E-state index contributed by atoms with van der Waals surface area (Å²) in [6.07, 6.45) is 18.6. The Morgan fingerprint density at radius 2 is 1.13 bits per heavy atom. The molecule has 0 saturated carbocycles. The smallest absolute Gasteiger partial charge is 0.0726 e. The molecule has 10 rings (SSSR count). The van der Waals surface area contributed by atoms with Crippen LogP contribution in [0.15, 0.2) is 218 Å². The lowest BCUT2D eigenvalue weighted by Gasteiger charge is -2.36. The minimum Gasteiger partial charge on any atom is -0.310 e. The molecule has 0 aromatic heterocycles. The normalized spacial score (nSPS) is 15.6. The van der Waals surface area contributed by atoms with E-state index in [0.717, 1.165) is 45.3 Å². The third kappa shape index (κ3) is 6.42. The first kappa shape index (κ1) is 38.2.